The van der Waals surface area contributed by atoms with Gasteiger partial charge in [0.2, 0.25) is 0 Å². The van der Waals surface area contributed by atoms with Crippen molar-refractivity contribution in [2.24, 2.45) is 0 Å². The van der Waals surface area contributed by atoms with E-state index in [1.54, 1.807) is 0 Å². The Bertz CT molecular complexity index is 2810. The monoisotopic (exact) mass is 617 g/mol. The fraction of sp³-hybridized carbons (Fsp3) is 0. The summed E-state index contributed by atoms with van der Waals surface area (Å²) in [4.78, 5) is 2.35. The minimum atomic E-state index is 0.898. The summed E-state index contributed by atoms with van der Waals surface area (Å²) >= 11 is 1.87. The van der Waals surface area contributed by atoms with E-state index in [9.17, 15) is 0 Å². The van der Waals surface area contributed by atoms with Crippen LogP contribution in [0.5, 0.6) is 0 Å². The zero-order valence-electron chi connectivity index (χ0n) is 25.4. The normalized spacial score (nSPS) is 11.8. The van der Waals surface area contributed by atoms with Gasteiger partial charge in [-0.15, -0.1) is 11.3 Å². The molecule has 0 radical (unpaired) electrons. The first-order valence-corrected chi connectivity index (χ1v) is 16.7. The Hall–Kier alpha value is -5.90. The second kappa shape index (κ2) is 10.3. The van der Waals surface area contributed by atoms with Crippen LogP contribution in [0.15, 0.2) is 168 Å². The maximum atomic E-state index is 6.51. The molecule has 0 amide bonds. The van der Waals surface area contributed by atoms with Gasteiger partial charge in [0, 0.05) is 48.0 Å². The second-order valence-electron chi connectivity index (χ2n) is 12.1. The van der Waals surface area contributed by atoms with Crippen molar-refractivity contribution in [2.75, 3.05) is 4.90 Å². The van der Waals surface area contributed by atoms with Crippen LogP contribution in [-0.2, 0) is 0 Å². The van der Waals surface area contributed by atoms with Crippen molar-refractivity contribution in [2.45, 2.75) is 0 Å². The number of fused-ring (bicyclic) bond motifs is 10. The number of furan rings is 1. The van der Waals surface area contributed by atoms with Gasteiger partial charge >= 0.3 is 0 Å². The minimum Gasteiger partial charge on any atom is -0.456 e. The third kappa shape index (κ3) is 4.17. The molecule has 2 heterocycles. The van der Waals surface area contributed by atoms with Crippen molar-refractivity contribution in [3.8, 4) is 11.1 Å². The van der Waals surface area contributed by atoms with E-state index in [1.807, 2.05) is 11.3 Å². The molecule has 0 bridgehead atoms. The van der Waals surface area contributed by atoms with Crippen molar-refractivity contribution < 1.29 is 4.42 Å². The molecule has 0 aliphatic heterocycles. The van der Waals surface area contributed by atoms with Crippen LogP contribution < -0.4 is 4.90 Å². The molecule has 0 atom stereocenters. The molecule has 10 aromatic rings. The lowest BCUT2D eigenvalue weighted by Gasteiger charge is -2.26. The quantitative estimate of drug-likeness (QED) is 0.195. The van der Waals surface area contributed by atoms with Crippen LogP contribution in [0, 0.1) is 0 Å². The van der Waals surface area contributed by atoms with E-state index >= 15 is 0 Å². The number of hydrogen-bond donors (Lipinski definition) is 0. The maximum absolute atomic E-state index is 6.51. The first-order chi connectivity index (χ1) is 23.3. The van der Waals surface area contributed by atoms with Gasteiger partial charge in [0.25, 0.3) is 0 Å². The highest BCUT2D eigenvalue weighted by Crippen LogP contribution is 2.46. The van der Waals surface area contributed by atoms with Crippen molar-refractivity contribution in [3.05, 3.63) is 164 Å². The Kier molecular flexibility index (Phi) is 5.78. The summed E-state index contributed by atoms with van der Waals surface area (Å²) in [5, 5.41) is 9.92. The van der Waals surface area contributed by atoms with E-state index in [2.05, 4.69) is 169 Å². The zero-order chi connectivity index (χ0) is 30.9. The molecule has 0 fully saturated rings. The summed E-state index contributed by atoms with van der Waals surface area (Å²) in [5.41, 5.74) is 7.50. The number of para-hydroxylation sites is 1. The van der Waals surface area contributed by atoms with E-state index in [0.717, 1.165) is 33.6 Å². The maximum Gasteiger partial charge on any atom is 0.136 e. The van der Waals surface area contributed by atoms with Crippen LogP contribution in [-0.4, -0.2) is 0 Å². The first kappa shape index (κ1) is 26.3. The summed E-state index contributed by atoms with van der Waals surface area (Å²) in [6, 6.07) is 58.9. The van der Waals surface area contributed by atoms with Crippen molar-refractivity contribution in [3.63, 3.8) is 0 Å². The Balaban J connectivity index is 1.19. The molecule has 220 valence electrons. The predicted octanol–water partition coefficient (Wildman–Crippen LogP) is 13.4. The number of benzene rings is 8. The highest BCUT2D eigenvalue weighted by Gasteiger charge is 2.19. The molecular weight excluding hydrogens is 591 g/mol. The average Bonchev–Trinajstić information content (AvgIpc) is 3.70. The van der Waals surface area contributed by atoms with Gasteiger partial charge in [0.15, 0.2) is 0 Å². The number of hydrogen-bond acceptors (Lipinski definition) is 3. The van der Waals surface area contributed by atoms with E-state index in [4.69, 9.17) is 4.42 Å². The second-order valence-corrected chi connectivity index (χ2v) is 13.2. The van der Waals surface area contributed by atoms with Gasteiger partial charge in [0.1, 0.15) is 11.2 Å². The molecule has 0 aliphatic rings. The van der Waals surface area contributed by atoms with E-state index in [0.29, 0.717) is 0 Å². The van der Waals surface area contributed by atoms with Gasteiger partial charge < -0.3 is 9.32 Å². The molecule has 0 saturated heterocycles. The lowest BCUT2D eigenvalue weighted by atomic mass is 10.00. The third-order valence-corrected chi connectivity index (χ3v) is 10.6. The topological polar surface area (TPSA) is 16.4 Å². The third-order valence-electron chi connectivity index (χ3n) is 9.40. The van der Waals surface area contributed by atoms with Gasteiger partial charge in [-0.1, -0.05) is 103 Å². The molecule has 2 nitrogen and oxygen atoms in total. The van der Waals surface area contributed by atoms with Crippen LogP contribution in [0.1, 0.15) is 0 Å². The van der Waals surface area contributed by atoms with Crippen molar-refractivity contribution >= 4 is 92.1 Å². The number of thiophene rings is 1. The number of nitrogens with zero attached hydrogens (tertiary/aromatic N) is 1. The lowest BCUT2D eigenvalue weighted by molar-refractivity contribution is 0.669. The molecule has 0 aliphatic carbocycles. The summed E-state index contributed by atoms with van der Waals surface area (Å²) in [6.45, 7) is 0. The van der Waals surface area contributed by atoms with Gasteiger partial charge in [-0.25, -0.2) is 0 Å². The van der Waals surface area contributed by atoms with Gasteiger partial charge in [0.05, 0.1) is 0 Å². The molecule has 2 aromatic heterocycles. The molecule has 0 spiro atoms. The summed E-state index contributed by atoms with van der Waals surface area (Å²) < 4.78 is 9.11. The molecule has 10 rings (SSSR count). The SMILES string of the molecule is c1ccc(N(c2cccc(-c3ccc4ccccc4c3)c2)c2ccc3oc4ccc5sc6c7ccccc7ccc6c5c4c3c2)cc1. The smallest absolute Gasteiger partial charge is 0.136 e. The van der Waals surface area contributed by atoms with Crippen LogP contribution in [0.4, 0.5) is 17.1 Å². The van der Waals surface area contributed by atoms with Crippen molar-refractivity contribution in [1.82, 2.24) is 0 Å². The van der Waals surface area contributed by atoms with Crippen LogP contribution >= 0.6 is 11.3 Å². The summed E-state index contributed by atoms with van der Waals surface area (Å²) in [5.74, 6) is 0. The Morgan fingerprint density at radius 1 is 0.404 bits per heavy atom. The standard InChI is InChI=1S/C44H27NOS/c1-2-13-33(14-3-1)45(34-15-8-12-31(26-34)32-18-17-28-9-4-5-11-30(28)25-32)35-20-22-39-38(27-35)42-40(46-39)23-24-41-43(42)37-21-19-29-10-6-7-16-36(29)44(37)47-41/h1-27H. The largest absolute Gasteiger partial charge is 0.456 e. The first-order valence-electron chi connectivity index (χ1n) is 15.9. The zero-order valence-corrected chi connectivity index (χ0v) is 26.2. The van der Waals surface area contributed by atoms with Crippen LogP contribution in [0.3, 0.4) is 0 Å². The van der Waals surface area contributed by atoms with E-state index in [1.165, 1.54) is 58.2 Å². The summed E-state index contributed by atoms with van der Waals surface area (Å²) in [6.07, 6.45) is 0. The number of rotatable bonds is 4. The fourth-order valence-electron chi connectivity index (χ4n) is 7.21. The lowest BCUT2D eigenvalue weighted by Crippen LogP contribution is -2.09. The Labute approximate surface area is 275 Å². The Morgan fingerprint density at radius 3 is 2.04 bits per heavy atom. The number of anilines is 3. The van der Waals surface area contributed by atoms with E-state index < -0.39 is 0 Å². The molecule has 0 unspecified atom stereocenters. The van der Waals surface area contributed by atoms with Gasteiger partial charge in [-0.05, 0) is 93.3 Å². The molecule has 3 heteroatoms. The minimum absolute atomic E-state index is 0.898. The highest BCUT2D eigenvalue weighted by atomic mass is 32.1. The van der Waals surface area contributed by atoms with Gasteiger partial charge in [-0.3, -0.25) is 0 Å². The molecule has 0 N–H and O–H groups in total. The van der Waals surface area contributed by atoms with Crippen molar-refractivity contribution in [1.29, 1.82) is 0 Å². The highest BCUT2D eigenvalue weighted by molar-refractivity contribution is 7.27. The Morgan fingerprint density at radius 2 is 1.13 bits per heavy atom. The molecule has 47 heavy (non-hydrogen) atoms. The van der Waals surface area contributed by atoms with E-state index in [-0.39, 0.29) is 0 Å². The molecule has 0 saturated carbocycles. The molecule has 8 aromatic carbocycles. The summed E-state index contributed by atoms with van der Waals surface area (Å²) in [7, 11) is 0. The van der Waals surface area contributed by atoms with Gasteiger partial charge in [-0.2, -0.15) is 0 Å². The predicted molar refractivity (Wildman–Crippen MR) is 202 cm³/mol. The average molecular weight is 618 g/mol. The van der Waals surface area contributed by atoms with Crippen LogP contribution in [0.2, 0.25) is 0 Å². The molecular formula is C44H27NOS. The van der Waals surface area contributed by atoms with Crippen LogP contribution in [0.25, 0.3) is 74.8 Å². The fourth-order valence-corrected chi connectivity index (χ4v) is 8.45.